The van der Waals surface area contributed by atoms with Crippen molar-refractivity contribution in [1.29, 1.82) is 0 Å². The van der Waals surface area contributed by atoms with E-state index in [0.717, 1.165) is 19.3 Å². The average Bonchev–Trinajstić information content (AvgIpc) is 2.26. The highest BCUT2D eigenvalue weighted by molar-refractivity contribution is 6.44. The first-order valence-corrected chi connectivity index (χ1v) is 7.21. The Balaban J connectivity index is 3.40. The molecule has 0 aliphatic heterocycles. The summed E-state index contributed by atoms with van der Waals surface area (Å²) in [5.74, 6) is -0.141. The lowest BCUT2D eigenvalue weighted by Crippen LogP contribution is -2.20. The van der Waals surface area contributed by atoms with Gasteiger partial charge in [0.05, 0.1) is 6.61 Å². The zero-order chi connectivity index (χ0) is 11.5. The molecule has 0 aliphatic carbocycles. The van der Waals surface area contributed by atoms with Crippen molar-refractivity contribution in [2.45, 2.75) is 38.7 Å². The molecule has 0 rings (SSSR count). The zero-order valence-corrected chi connectivity index (χ0v) is 11.1. The molecule has 0 atom stereocenters. The van der Waals surface area contributed by atoms with Gasteiger partial charge in [0.1, 0.15) is 0 Å². The van der Waals surface area contributed by atoms with Gasteiger partial charge in [-0.1, -0.05) is 19.8 Å². The summed E-state index contributed by atoms with van der Waals surface area (Å²) in [6, 6.07) is 0.680. The molecule has 0 spiro atoms. The Morgan fingerprint density at radius 3 is 2.40 bits per heavy atom. The number of hydrogen-bond acceptors (Lipinski definition) is 4. The lowest BCUT2D eigenvalue weighted by Gasteiger charge is -2.10. The maximum atomic E-state index is 11.2. The summed E-state index contributed by atoms with van der Waals surface area (Å²) in [6.07, 6.45) is 3.61. The Morgan fingerprint density at radius 1 is 1.20 bits per heavy atom. The molecule has 0 heterocycles. The molecular formula is C10H22O4Si. The summed E-state index contributed by atoms with van der Waals surface area (Å²) < 4.78 is 15.3. The highest BCUT2D eigenvalue weighted by Crippen LogP contribution is 2.02. The van der Waals surface area contributed by atoms with Gasteiger partial charge >= 0.3 is 15.3 Å². The van der Waals surface area contributed by atoms with E-state index in [1.54, 1.807) is 14.2 Å². The van der Waals surface area contributed by atoms with Gasteiger partial charge in [-0.15, -0.1) is 0 Å². The van der Waals surface area contributed by atoms with Crippen LogP contribution in [0.15, 0.2) is 0 Å². The summed E-state index contributed by atoms with van der Waals surface area (Å²) >= 11 is 0. The molecule has 0 radical (unpaired) electrons. The number of carbonyl (C=O) groups is 1. The zero-order valence-electron chi connectivity index (χ0n) is 9.95. The van der Waals surface area contributed by atoms with E-state index in [1.165, 1.54) is 0 Å². The predicted octanol–water partition coefficient (Wildman–Crippen LogP) is 1.62. The Bertz CT molecular complexity index is 160. The summed E-state index contributed by atoms with van der Waals surface area (Å²) in [5.41, 5.74) is 0. The number of esters is 1. The second-order valence-electron chi connectivity index (χ2n) is 3.37. The van der Waals surface area contributed by atoms with E-state index in [2.05, 4.69) is 6.92 Å². The van der Waals surface area contributed by atoms with Crippen LogP contribution in [0.25, 0.3) is 0 Å². The van der Waals surface area contributed by atoms with Crippen LogP contribution in [0.5, 0.6) is 0 Å². The lowest BCUT2D eigenvalue weighted by atomic mass is 10.3. The van der Waals surface area contributed by atoms with Crippen LogP contribution in [0.4, 0.5) is 0 Å². The van der Waals surface area contributed by atoms with Gasteiger partial charge in [0, 0.05) is 20.6 Å². The summed E-state index contributed by atoms with van der Waals surface area (Å²) in [7, 11) is 1.64. The molecule has 0 bridgehead atoms. The summed E-state index contributed by atoms with van der Waals surface area (Å²) in [5, 5.41) is 0. The van der Waals surface area contributed by atoms with Gasteiger partial charge in [-0.25, -0.2) is 0 Å². The van der Waals surface area contributed by atoms with Gasteiger partial charge in [-0.05, 0) is 12.5 Å². The van der Waals surface area contributed by atoms with Crippen molar-refractivity contribution in [1.82, 2.24) is 0 Å². The van der Waals surface area contributed by atoms with Crippen LogP contribution in [0.3, 0.4) is 0 Å². The van der Waals surface area contributed by atoms with Crippen molar-refractivity contribution in [3.8, 4) is 0 Å². The first kappa shape index (κ1) is 14.6. The molecule has 0 fully saturated rings. The minimum atomic E-state index is -1.60. The SMILES string of the molecule is CCCCCOC(=O)CC[SiH](OC)OC. The van der Waals surface area contributed by atoms with E-state index < -0.39 is 9.28 Å². The van der Waals surface area contributed by atoms with Crippen LogP contribution in [0.1, 0.15) is 32.6 Å². The molecular weight excluding hydrogens is 212 g/mol. The third-order valence-electron chi connectivity index (χ3n) is 2.12. The molecule has 0 aromatic heterocycles. The monoisotopic (exact) mass is 234 g/mol. The molecule has 0 saturated heterocycles. The van der Waals surface area contributed by atoms with Gasteiger partial charge in [0.25, 0.3) is 0 Å². The van der Waals surface area contributed by atoms with Gasteiger partial charge in [-0.2, -0.15) is 0 Å². The van der Waals surface area contributed by atoms with E-state index in [0.29, 0.717) is 19.1 Å². The predicted molar refractivity (Wildman–Crippen MR) is 61.1 cm³/mol. The van der Waals surface area contributed by atoms with Crippen LogP contribution in [0.2, 0.25) is 6.04 Å². The highest BCUT2D eigenvalue weighted by atomic mass is 28.3. The van der Waals surface area contributed by atoms with Crippen molar-refractivity contribution >= 4 is 15.3 Å². The van der Waals surface area contributed by atoms with E-state index >= 15 is 0 Å². The fourth-order valence-corrected chi connectivity index (χ4v) is 2.31. The molecule has 90 valence electrons. The topological polar surface area (TPSA) is 44.8 Å². The second kappa shape index (κ2) is 10.1. The van der Waals surface area contributed by atoms with Crippen LogP contribution < -0.4 is 0 Å². The fraction of sp³-hybridized carbons (Fsp3) is 0.900. The quantitative estimate of drug-likeness (QED) is 0.345. The highest BCUT2D eigenvalue weighted by Gasteiger charge is 2.12. The largest absolute Gasteiger partial charge is 0.466 e. The Morgan fingerprint density at radius 2 is 1.87 bits per heavy atom. The standard InChI is InChI=1S/C10H22O4Si/c1-4-5-6-8-14-10(11)7-9-15(12-2)13-3/h15H,4-9H2,1-3H3. The normalized spacial score (nSPS) is 10.7. The first-order valence-electron chi connectivity index (χ1n) is 5.45. The Kier molecular flexibility index (Phi) is 9.87. The van der Waals surface area contributed by atoms with E-state index in [-0.39, 0.29) is 5.97 Å². The molecule has 0 N–H and O–H groups in total. The molecule has 0 aromatic carbocycles. The van der Waals surface area contributed by atoms with E-state index in [9.17, 15) is 4.79 Å². The Labute approximate surface area is 93.8 Å². The summed E-state index contributed by atoms with van der Waals surface area (Å²) in [4.78, 5) is 11.2. The second-order valence-corrected chi connectivity index (χ2v) is 5.75. The number of hydrogen-bond donors (Lipinski definition) is 0. The van der Waals surface area contributed by atoms with Gasteiger partial charge < -0.3 is 13.6 Å². The minimum Gasteiger partial charge on any atom is -0.466 e. The average molecular weight is 234 g/mol. The molecule has 0 amide bonds. The first-order chi connectivity index (χ1) is 7.24. The van der Waals surface area contributed by atoms with Crippen molar-refractivity contribution in [2.75, 3.05) is 20.8 Å². The van der Waals surface area contributed by atoms with Crippen LogP contribution >= 0.6 is 0 Å². The molecule has 0 unspecified atom stereocenters. The third kappa shape index (κ3) is 8.59. The van der Waals surface area contributed by atoms with E-state index in [4.69, 9.17) is 13.6 Å². The Hall–Kier alpha value is -0.393. The molecule has 0 aliphatic rings. The van der Waals surface area contributed by atoms with Crippen LogP contribution in [-0.2, 0) is 18.4 Å². The number of carbonyl (C=O) groups excluding carboxylic acids is 1. The fourth-order valence-electron chi connectivity index (χ4n) is 1.18. The van der Waals surface area contributed by atoms with Crippen LogP contribution in [0, 0.1) is 0 Å². The number of unbranched alkanes of at least 4 members (excludes halogenated alkanes) is 2. The molecule has 4 nitrogen and oxygen atoms in total. The van der Waals surface area contributed by atoms with Gasteiger partial charge in [0.2, 0.25) is 0 Å². The maximum Gasteiger partial charge on any atom is 0.321 e. The summed E-state index contributed by atoms with van der Waals surface area (Å²) in [6.45, 7) is 2.66. The van der Waals surface area contributed by atoms with Crippen molar-refractivity contribution in [3.63, 3.8) is 0 Å². The molecule has 0 aromatic rings. The lowest BCUT2D eigenvalue weighted by molar-refractivity contribution is -0.143. The van der Waals surface area contributed by atoms with Crippen molar-refractivity contribution in [3.05, 3.63) is 0 Å². The van der Waals surface area contributed by atoms with Crippen molar-refractivity contribution in [2.24, 2.45) is 0 Å². The molecule has 0 saturated carbocycles. The smallest absolute Gasteiger partial charge is 0.321 e. The maximum absolute atomic E-state index is 11.2. The van der Waals surface area contributed by atoms with Crippen molar-refractivity contribution < 1.29 is 18.4 Å². The van der Waals surface area contributed by atoms with Gasteiger partial charge in [0.15, 0.2) is 0 Å². The molecule has 5 heteroatoms. The van der Waals surface area contributed by atoms with Gasteiger partial charge in [-0.3, -0.25) is 4.79 Å². The minimum absolute atomic E-state index is 0.141. The third-order valence-corrected chi connectivity index (χ3v) is 3.93. The number of ether oxygens (including phenoxy) is 1. The molecule has 15 heavy (non-hydrogen) atoms. The van der Waals surface area contributed by atoms with Crippen LogP contribution in [-0.4, -0.2) is 36.1 Å². The van der Waals surface area contributed by atoms with E-state index in [1.807, 2.05) is 0 Å². The number of rotatable bonds is 9.